The second-order valence-corrected chi connectivity index (χ2v) is 4.91. The van der Waals surface area contributed by atoms with Crippen LogP contribution in [0, 0.1) is 5.92 Å². The number of likely N-dealkylation sites (N-methyl/N-ethyl adjacent to an activating group) is 1. The number of carboxylic acid groups (broad SMARTS) is 1. The first-order chi connectivity index (χ1) is 9.38. The van der Waals surface area contributed by atoms with Gasteiger partial charge in [-0.2, -0.15) is 0 Å². The average molecular weight is 287 g/mol. The molecule has 0 aliphatic carbocycles. The van der Waals surface area contributed by atoms with Crippen molar-refractivity contribution in [1.29, 1.82) is 0 Å². The maximum Gasteiger partial charge on any atom is 0.326 e. The van der Waals surface area contributed by atoms with Gasteiger partial charge >= 0.3 is 12.0 Å². The van der Waals surface area contributed by atoms with Crippen molar-refractivity contribution in [2.45, 2.75) is 25.9 Å². The minimum atomic E-state index is -1.10. The number of carboxylic acids is 1. The Bertz CT molecular complexity index is 385. The van der Waals surface area contributed by atoms with E-state index < -0.39 is 24.1 Å². The number of hydrogen-bond acceptors (Lipinski definition) is 4. The highest BCUT2D eigenvalue weighted by molar-refractivity contribution is 5.89. The topological polar surface area (TPSA) is 108 Å². The maximum absolute atomic E-state index is 12.2. The van der Waals surface area contributed by atoms with Gasteiger partial charge in [-0.3, -0.25) is 4.79 Å². The fraction of sp³-hybridized carbons (Fsp3) is 0.750. The summed E-state index contributed by atoms with van der Waals surface area (Å²) in [6, 6.07) is -2.30. The monoisotopic (exact) mass is 287 g/mol. The molecular formula is C12H21N3O5. The number of nitrogens with zero attached hydrogens (tertiary/aromatic N) is 1. The fourth-order valence-corrected chi connectivity index (χ4v) is 1.96. The molecule has 0 radical (unpaired) electrons. The molecule has 20 heavy (non-hydrogen) atoms. The van der Waals surface area contributed by atoms with Gasteiger partial charge in [0.25, 0.3) is 0 Å². The average Bonchev–Trinajstić information content (AvgIpc) is 2.42. The third-order valence-corrected chi connectivity index (χ3v) is 3.15. The predicted molar refractivity (Wildman–Crippen MR) is 70.2 cm³/mol. The van der Waals surface area contributed by atoms with Gasteiger partial charge in [-0.15, -0.1) is 0 Å². The van der Waals surface area contributed by atoms with E-state index in [1.807, 2.05) is 0 Å². The van der Waals surface area contributed by atoms with E-state index in [9.17, 15) is 14.4 Å². The number of nitrogens with one attached hydrogen (secondary N) is 2. The van der Waals surface area contributed by atoms with Crippen molar-refractivity contribution in [2.75, 3.05) is 26.8 Å². The summed E-state index contributed by atoms with van der Waals surface area (Å²) in [4.78, 5) is 36.3. The molecule has 0 bridgehead atoms. The second-order valence-electron chi connectivity index (χ2n) is 4.91. The van der Waals surface area contributed by atoms with Gasteiger partial charge in [0.1, 0.15) is 12.1 Å². The highest BCUT2D eigenvalue weighted by Gasteiger charge is 2.34. The summed E-state index contributed by atoms with van der Waals surface area (Å²) in [7, 11) is 1.47. The molecule has 0 spiro atoms. The SMILES string of the molecule is CNC(=O)C1COCCN1C(=O)N[C@H](C(=O)O)C(C)C. The van der Waals surface area contributed by atoms with Crippen molar-refractivity contribution in [3.63, 3.8) is 0 Å². The van der Waals surface area contributed by atoms with Crippen molar-refractivity contribution in [3.8, 4) is 0 Å². The van der Waals surface area contributed by atoms with E-state index in [4.69, 9.17) is 9.84 Å². The number of carbonyl (C=O) groups is 3. The molecule has 0 aromatic carbocycles. The molecule has 1 saturated heterocycles. The lowest BCUT2D eigenvalue weighted by Gasteiger charge is -2.35. The Morgan fingerprint density at radius 2 is 2.00 bits per heavy atom. The van der Waals surface area contributed by atoms with Crippen LogP contribution in [0.3, 0.4) is 0 Å². The van der Waals surface area contributed by atoms with Crippen molar-refractivity contribution in [1.82, 2.24) is 15.5 Å². The number of ether oxygens (including phenoxy) is 1. The van der Waals surface area contributed by atoms with Crippen molar-refractivity contribution in [3.05, 3.63) is 0 Å². The lowest BCUT2D eigenvalue weighted by molar-refractivity contribution is -0.140. The highest BCUT2D eigenvalue weighted by Crippen LogP contribution is 2.09. The van der Waals surface area contributed by atoms with Crippen LogP contribution < -0.4 is 10.6 Å². The molecule has 3 N–H and O–H groups in total. The van der Waals surface area contributed by atoms with Crippen molar-refractivity contribution >= 4 is 17.9 Å². The summed E-state index contributed by atoms with van der Waals surface area (Å²) in [5, 5.41) is 14.0. The summed E-state index contributed by atoms with van der Waals surface area (Å²) >= 11 is 0. The Kier molecular flexibility index (Phi) is 5.75. The van der Waals surface area contributed by atoms with Gasteiger partial charge in [-0.05, 0) is 5.92 Å². The number of urea groups is 1. The number of hydrogen-bond donors (Lipinski definition) is 3. The largest absolute Gasteiger partial charge is 0.480 e. The summed E-state index contributed by atoms with van der Waals surface area (Å²) in [6.07, 6.45) is 0. The van der Waals surface area contributed by atoms with Gasteiger partial charge in [0, 0.05) is 13.6 Å². The number of amides is 3. The van der Waals surface area contributed by atoms with Crippen LogP contribution >= 0.6 is 0 Å². The standard InChI is InChI=1S/C12H21N3O5/c1-7(2)9(11(17)18)14-12(19)15-4-5-20-6-8(15)10(16)13-3/h7-9H,4-6H2,1-3H3,(H,13,16)(H,14,19)(H,17,18)/t8?,9-/m0/s1. The zero-order chi connectivity index (χ0) is 15.3. The van der Waals surface area contributed by atoms with Gasteiger partial charge < -0.3 is 25.4 Å². The third kappa shape index (κ3) is 3.83. The molecule has 114 valence electrons. The van der Waals surface area contributed by atoms with Crippen molar-refractivity contribution in [2.24, 2.45) is 5.92 Å². The molecule has 1 aliphatic rings. The van der Waals surface area contributed by atoms with Crippen LogP contribution in [-0.2, 0) is 14.3 Å². The number of carbonyl (C=O) groups excluding carboxylic acids is 2. The van der Waals surface area contributed by atoms with Gasteiger partial charge in [-0.1, -0.05) is 13.8 Å². The Morgan fingerprint density at radius 1 is 1.35 bits per heavy atom. The summed E-state index contributed by atoms with van der Waals surface area (Å²) in [5.74, 6) is -1.69. The first-order valence-electron chi connectivity index (χ1n) is 6.47. The minimum Gasteiger partial charge on any atom is -0.480 e. The number of rotatable bonds is 4. The fourth-order valence-electron chi connectivity index (χ4n) is 1.96. The highest BCUT2D eigenvalue weighted by atomic mass is 16.5. The van der Waals surface area contributed by atoms with Crippen LogP contribution in [0.15, 0.2) is 0 Å². The normalized spacial score (nSPS) is 20.4. The molecule has 0 aromatic rings. The molecule has 8 nitrogen and oxygen atoms in total. The number of morpholine rings is 1. The molecule has 1 aliphatic heterocycles. The van der Waals surface area contributed by atoms with Gasteiger partial charge in [-0.25, -0.2) is 9.59 Å². The van der Waals surface area contributed by atoms with E-state index in [-0.39, 0.29) is 25.0 Å². The quantitative estimate of drug-likeness (QED) is 0.630. The zero-order valence-corrected chi connectivity index (χ0v) is 11.9. The van der Waals surface area contributed by atoms with E-state index in [1.54, 1.807) is 13.8 Å². The van der Waals surface area contributed by atoms with Gasteiger partial charge in [0.05, 0.1) is 13.2 Å². The van der Waals surface area contributed by atoms with E-state index in [1.165, 1.54) is 11.9 Å². The van der Waals surface area contributed by atoms with E-state index >= 15 is 0 Å². The molecule has 1 fully saturated rings. The molecule has 1 unspecified atom stereocenters. The third-order valence-electron chi connectivity index (χ3n) is 3.15. The molecule has 8 heteroatoms. The van der Waals surface area contributed by atoms with Crippen LogP contribution in [0.2, 0.25) is 0 Å². The van der Waals surface area contributed by atoms with E-state index in [0.717, 1.165) is 0 Å². The maximum atomic E-state index is 12.2. The van der Waals surface area contributed by atoms with Crippen LogP contribution in [0.1, 0.15) is 13.8 Å². The first kappa shape index (κ1) is 16.2. The lowest BCUT2D eigenvalue weighted by atomic mass is 10.1. The molecule has 1 rings (SSSR count). The van der Waals surface area contributed by atoms with Gasteiger partial charge in [0.2, 0.25) is 5.91 Å². The zero-order valence-electron chi connectivity index (χ0n) is 11.9. The van der Waals surface area contributed by atoms with E-state index in [0.29, 0.717) is 6.61 Å². The molecule has 2 atom stereocenters. The number of aliphatic carboxylic acids is 1. The predicted octanol–water partition coefficient (Wildman–Crippen LogP) is -0.748. The van der Waals surface area contributed by atoms with Crippen LogP contribution in [0.4, 0.5) is 4.79 Å². The second kappa shape index (κ2) is 7.09. The lowest BCUT2D eigenvalue weighted by Crippen LogP contribution is -2.60. The molecule has 1 heterocycles. The summed E-state index contributed by atoms with van der Waals surface area (Å²) < 4.78 is 5.19. The smallest absolute Gasteiger partial charge is 0.326 e. The van der Waals surface area contributed by atoms with Crippen LogP contribution in [0.5, 0.6) is 0 Å². The minimum absolute atomic E-state index is 0.104. The van der Waals surface area contributed by atoms with E-state index in [2.05, 4.69) is 10.6 Å². The van der Waals surface area contributed by atoms with Gasteiger partial charge in [0.15, 0.2) is 0 Å². The molecule has 0 aromatic heterocycles. The Balaban J connectivity index is 2.77. The molecule has 0 saturated carbocycles. The van der Waals surface area contributed by atoms with Crippen LogP contribution in [-0.4, -0.2) is 66.8 Å². The van der Waals surface area contributed by atoms with Crippen molar-refractivity contribution < 1.29 is 24.2 Å². The summed E-state index contributed by atoms with van der Waals surface area (Å²) in [6.45, 7) is 4.07. The molecule has 3 amide bonds. The first-order valence-corrected chi connectivity index (χ1v) is 6.47. The molecular weight excluding hydrogens is 266 g/mol. The Labute approximate surface area is 117 Å². The summed E-state index contributed by atoms with van der Waals surface area (Å²) in [5.41, 5.74) is 0. The Hall–Kier alpha value is -1.83. The Morgan fingerprint density at radius 3 is 2.50 bits per heavy atom. The van der Waals surface area contributed by atoms with Crippen LogP contribution in [0.25, 0.3) is 0 Å².